The Morgan fingerprint density at radius 3 is 2.03 bits per heavy atom. The summed E-state index contributed by atoms with van der Waals surface area (Å²) >= 11 is 0. The van der Waals surface area contributed by atoms with E-state index in [0.717, 1.165) is 25.7 Å². The summed E-state index contributed by atoms with van der Waals surface area (Å²) in [5, 5.41) is 2.53. The summed E-state index contributed by atoms with van der Waals surface area (Å²) in [5.74, 6) is 3.69. The van der Waals surface area contributed by atoms with E-state index < -0.39 is 8.32 Å². The van der Waals surface area contributed by atoms with Crippen molar-refractivity contribution >= 4 is 24.6 Å². The lowest BCUT2D eigenvalue weighted by atomic mass is 9.96. The monoisotopic (exact) mass is 443 g/mol. The van der Waals surface area contributed by atoms with Crippen LogP contribution in [0.3, 0.4) is 0 Å². The number of amides is 1. The molecule has 3 fully saturated rings. The molecule has 5 rings (SSSR count). The second kappa shape index (κ2) is 7.90. The summed E-state index contributed by atoms with van der Waals surface area (Å²) in [6, 6.07) is 21.7. The molecule has 166 valence electrons. The zero-order valence-electron chi connectivity index (χ0n) is 19.3. The Kier molecular flexibility index (Phi) is 5.31. The number of benzene rings is 2. The lowest BCUT2D eigenvalue weighted by molar-refractivity contribution is -0.136. The van der Waals surface area contributed by atoms with Crippen LogP contribution in [-0.4, -0.2) is 37.3 Å². The Morgan fingerprint density at radius 1 is 1.00 bits per heavy atom. The molecular weight excluding hydrogens is 410 g/mol. The minimum atomic E-state index is -2.62. The van der Waals surface area contributed by atoms with Crippen LogP contribution >= 0.6 is 0 Å². The highest BCUT2D eigenvalue weighted by Crippen LogP contribution is 2.49. The first kappa shape index (κ1) is 21.5. The van der Waals surface area contributed by atoms with Gasteiger partial charge in [-0.15, -0.1) is 6.42 Å². The van der Waals surface area contributed by atoms with Crippen molar-refractivity contribution in [2.45, 2.75) is 69.7 Å². The fourth-order valence-electron chi connectivity index (χ4n) is 6.11. The highest BCUT2D eigenvalue weighted by molar-refractivity contribution is 6.99. The van der Waals surface area contributed by atoms with Crippen molar-refractivity contribution in [3.05, 3.63) is 60.7 Å². The Bertz CT molecular complexity index is 979. The minimum absolute atomic E-state index is 0.0628. The van der Waals surface area contributed by atoms with Gasteiger partial charge in [-0.1, -0.05) is 87.4 Å². The molecule has 3 aliphatic rings. The number of piperidine rings is 1. The fourth-order valence-corrected chi connectivity index (χ4v) is 10.9. The minimum Gasteiger partial charge on any atom is -0.404 e. The van der Waals surface area contributed by atoms with Gasteiger partial charge < -0.3 is 9.33 Å². The van der Waals surface area contributed by atoms with E-state index in [1.54, 1.807) is 0 Å². The van der Waals surface area contributed by atoms with E-state index in [9.17, 15) is 4.79 Å². The number of rotatable bonds is 5. The number of carbonyl (C=O) groups excluding carboxylic acids is 1. The summed E-state index contributed by atoms with van der Waals surface area (Å²) in [5.41, 5.74) is 0. The lowest BCUT2D eigenvalue weighted by Gasteiger charge is -2.47. The molecule has 1 aliphatic heterocycles. The Labute approximate surface area is 193 Å². The van der Waals surface area contributed by atoms with Gasteiger partial charge in [0, 0.05) is 17.9 Å². The topological polar surface area (TPSA) is 29.5 Å². The molecule has 2 aliphatic carbocycles. The molecule has 0 radical (unpaired) electrons. The van der Waals surface area contributed by atoms with E-state index in [1.165, 1.54) is 10.4 Å². The number of hydrogen-bond donors (Lipinski definition) is 0. The van der Waals surface area contributed by atoms with Crippen LogP contribution in [0.1, 0.15) is 46.5 Å². The molecule has 1 amide bonds. The van der Waals surface area contributed by atoms with E-state index in [4.69, 9.17) is 10.8 Å². The second-order valence-corrected chi connectivity index (χ2v) is 15.0. The van der Waals surface area contributed by atoms with Crippen LogP contribution in [0.25, 0.3) is 0 Å². The first-order valence-corrected chi connectivity index (χ1v) is 13.8. The molecule has 1 saturated heterocycles. The third-order valence-electron chi connectivity index (χ3n) is 7.72. The van der Waals surface area contributed by atoms with Crippen molar-refractivity contribution in [2.75, 3.05) is 0 Å². The standard InChI is InChI=1S/C28H33NO2Si/c1-5-25-24-18-21(29(25)27(30)20-16-17-20)19-26(24)31-32(28(2,3)4,22-12-8-6-9-13-22)23-14-10-7-11-15-23/h1,6-15,20-21,24-26H,16-19H2,2-4H3/t21-,24-,25+,26+/m1/s1. The van der Waals surface area contributed by atoms with Crippen LogP contribution in [-0.2, 0) is 9.22 Å². The van der Waals surface area contributed by atoms with Gasteiger partial charge in [0.25, 0.3) is 8.32 Å². The van der Waals surface area contributed by atoms with Gasteiger partial charge in [-0.05, 0) is 41.1 Å². The van der Waals surface area contributed by atoms with E-state index in [0.29, 0.717) is 0 Å². The van der Waals surface area contributed by atoms with Gasteiger partial charge in [-0.3, -0.25) is 4.79 Å². The maximum Gasteiger partial charge on any atom is 0.261 e. The van der Waals surface area contributed by atoms with Gasteiger partial charge in [0.2, 0.25) is 5.91 Å². The van der Waals surface area contributed by atoms with Crippen LogP contribution < -0.4 is 10.4 Å². The Morgan fingerprint density at radius 2 is 1.56 bits per heavy atom. The van der Waals surface area contributed by atoms with Crippen LogP contribution in [0.2, 0.25) is 5.04 Å². The van der Waals surface area contributed by atoms with Gasteiger partial charge in [0.05, 0.1) is 12.1 Å². The number of carbonyl (C=O) groups is 1. The number of nitrogens with zero attached hydrogens (tertiary/aromatic N) is 1. The largest absolute Gasteiger partial charge is 0.404 e. The zero-order chi connectivity index (χ0) is 22.5. The summed E-state index contributed by atoms with van der Waals surface area (Å²) < 4.78 is 7.41. The molecule has 2 bridgehead atoms. The molecule has 1 heterocycles. The van der Waals surface area contributed by atoms with Crippen LogP contribution in [0, 0.1) is 24.2 Å². The van der Waals surface area contributed by atoms with Crippen molar-refractivity contribution in [1.82, 2.24) is 4.90 Å². The maximum absolute atomic E-state index is 13.0. The predicted molar refractivity (Wildman–Crippen MR) is 131 cm³/mol. The third-order valence-corrected chi connectivity index (χ3v) is 12.8. The summed E-state index contributed by atoms with van der Waals surface area (Å²) in [7, 11) is -2.62. The Hall–Kier alpha value is -2.35. The van der Waals surface area contributed by atoms with E-state index in [2.05, 4.69) is 87.4 Å². The molecule has 32 heavy (non-hydrogen) atoms. The average molecular weight is 444 g/mol. The first-order chi connectivity index (χ1) is 15.4. The fraction of sp³-hybridized carbons (Fsp3) is 0.464. The van der Waals surface area contributed by atoms with Gasteiger partial charge in [-0.2, -0.15) is 0 Å². The highest BCUT2D eigenvalue weighted by atomic mass is 28.4. The van der Waals surface area contributed by atoms with Crippen LogP contribution in [0.5, 0.6) is 0 Å². The number of terminal acetylenes is 1. The van der Waals surface area contributed by atoms with Crippen molar-refractivity contribution < 1.29 is 9.22 Å². The summed E-state index contributed by atoms with van der Waals surface area (Å²) in [6.45, 7) is 6.94. The Balaban J connectivity index is 1.54. The van der Waals surface area contributed by atoms with Gasteiger partial charge in [0.1, 0.15) is 0 Å². The van der Waals surface area contributed by atoms with Crippen LogP contribution in [0.15, 0.2) is 60.7 Å². The smallest absolute Gasteiger partial charge is 0.261 e. The molecule has 0 unspecified atom stereocenters. The van der Waals surface area contributed by atoms with Crippen molar-refractivity contribution in [2.24, 2.45) is 11.8 Å². The van der Waals surface area contributed by atoms with Crippen molar-refractivity contribution in [1.29, 1.82) is 0 Å². The molecule has 3 nitrogen and oxygen atoms in total. The molecule has 0 N–H and O–H groups in total. The number of likely N-dealkylation sites (tertiary alicyclic amines) is 1. The molecular formula is C28H33NO2Si. The van der Waals surface area contributed by atoms with Gasteiger partial charge in [0.15, 0.2) is 0 Å². The number of fused-ring (bicyclic) bond motifs is 2. The van der Waals surface area contributed by atoms with Crippen molar-refractivity contribution in [3.8, 4) is 12.3 Å². The molecule has 2 aromatic carbocycles. The predicted octanol–water partition coefficient (Wildman–Crippen LogP) is 3.96. The van der Waals surface area contributed by atoms with Crippen molar-refractivity contribution in [3.63, 3.8) is 0 Å². The normalized spacial score (nSPS) is 27.4. The van der Waals surface area contributed by atoms with E-state index in [-0.39, 0.29) is 41.0 Å². The average Bonchev–Trinajstić information content (AvgIpc) is 3.48. The number of hydrogen-bond acceptors (Lipinski definition) is 2. The van der Waals surface area contributed by atoms with Gasteiger partial charge >= 0.3 is 0 Å². The summed E-state index contributed by atoms with van der Waals surface area (Å²) in [4.78, 5) is 15.0. The maximum atomic E-state index is 13.0. The molecule has 0 aromatic heterocycles. The quantitative estimate of drug-likeness (QED) is 0.517. The zero-order valence-corrected chi connectivity index (χ0v) is 20.3. The molecule has 2 saturated carbocycles. The van der Waals surface area contributed by atoms with Crippen LogP contribution in [0.4, 0.5) is 0 Å². The molecule has 2 aromatic rings. The highest BCUT2D eigenvalue weighted by Gasteiger charge is 2.59. The van der Waals surface area contributed by atoms with Gasteiger partial charge in [-0.25, -0.2) is 0 Å². The van der Waals surface area contributed by atoms with E-state index in [1.807, 2.05) is 4.90 Å². The molecule has 0 spiro atoms. The SMILES string of the molecule is C#C[C@H]1[C@H]2C[C@H](C[C@@H]2O[Si](c2ccccc2)(c2ccccc2)C(C)(C)C)N1C(=O)C1CC1. The third kappa shape index (κ3) is 3.34. The van der Waals surface area contributed by atoms with E-state index >= 15 is 0 Å². The molecule has 4 atom stereocenters. The second-order valence-electron chi connectivity index (χ2n) is 10.7. The molecule has 4 heteroatoms. The first-order valence-electron chi connectivity index (χ1n) is 11.9. The lowest BCUT2D eigenvalue weighted by Crippen LogP contribution is -2.68. The summed E-state index contributed by atoms with van der Waals surface area (Å²) in [6.07, 6.45) is 10.00.